The lowest BCUT2D eigenvalue weighted by Crippen LogP contribution is -2.09. The maximum atomic E-state index is 9.56. The minimum absolute atomic E-state index is 0.0638. The van der Waals surface area contributed by atoms with Crippen molar-refractivity contribution in [2.75, 3.05) is 11.5 Å². The van der Waals surface area contributed by atoms with Gasteiger partial charge in [-0.2, -0.15) is 11.8 Å². The van der Waals surface area contributed by atoms with Crippen molar-refractivity contribution in [2.24, 2.45) is 0 Å². The summed E-state index contributed by atoms with van der Waals surface area (Å²) in [6.45, 7) is 4.38. The molecule has 0 aliphatic heterocycles. The van der Waals surface area contributed by atoms with Gasteiger partial charge < -0.3 is 5.11 Å². The summed E-state index contributed by atoms with van der Waals surface area (Å²) in [5, 5.41) is 9.56. The van der Waals surface area contributed by atoms with E-state index in [1.54, 1.807) is 0 Å². The third-order valence-electron chi connectivity index (χ3n) is 2.41. The van der Waals surface area contributed by atoms with Crippen LogP contribution in [0.25, 0.3) is 0 Å². The summed E-state index contributed by atoms with van der Waals surface area (Å²) >= 11 is 1.84. The Balaban J connectivity index is 3.02. The normalized spacial score (nSPS) is 13.1. The van der Waals surface area contributed by atoms with Gasteiger partial charge in [-0.3, -0.25) is 0 Å². The van der Waals surface area contributed by atoms with Crippen molar-refractivity contribution in [1.82, 2.24) is 0 Å². The molecule has 14 heavy (non-hydrogen) atoms. The molecule has 0 aromatic rings. The molecule has 0 saturated heterocycles. The zero-order chi connectivity index (χ0) is 10.6. The van der Waals surface area contributed by atoms with E-state index in [1.807, 2.05) is 11.8 Å². The minimum Gasteiger partial charge on any atom is -0.392 e. The second-order valence-electron chi connectivity index (χ2n) is 3.87. The van der Waals surface area contributed by atoms with Crippen LogP contribution in [0.5, 0.6) is 0 Å². The Morgan fingerprint density at radius 3 is 2.29 bits per heavy atom. The lowest BCUT2D eigenvalue weighted by Gasteiger charge is -2.08. The first kappa shape index (κ1) is 14.3. The summed E-state index contributed by atoms with van der Waals surface area (Å²) in [7, 11) is 0. The van der Waals surface area contributed by atoms with Crippen LogP contribution in [0.15, 0.2) is 0 Å². The molecule has 0 radical (unpaired) electrons. The van der Waals surface area contributed by atoms with Gasteiger partial charge in [0.2, 0.25) is 0 Å². The number of aliphatic hydroxyl groups excluding tert-OH is 1. The van der Waals surface area contributed by atoms with E-state index in [9.17, 15) is 5.11 Å². The smallest absolute Gasteiger partial charge is 0.0630 e. The number of rotatable bonds is 10. The van der Waals surface area contributed by atoms with E-state index >= 15 is 0 Å². The Bertz CT molecular complexity index is 106. The summed E-state index contributed by atoms with van der Waals surface area (Å²) in [6, 6.07) is 0. The predicted octanol–water partition coefficient (Wildman–Crippen LogP) is 3.85. The maximum absolute atomic E-state index is 9.56. The van der Waals surface area contributed by atoms with E-state index in [0.29, 0.717) is 0 Å². The van der Waals surface area contributed by atoms with Crippen LogP contribution in [0.1, 0.15) is 58.8 Å². The second-order valence-corrected chi connectivity index (χ2v) is 5.19. The van der Waals surface area contributed by atoms with E-state index in [4.69, 9.17) is 0 Å². The van der Waals surface area contributed by atoms with Gasteiger partial charge >= 0.3 is 0 Å². The summed E-state index contributed by atoms with van der Waals surface area (Å²) in [5.41, 5.74) is 0. The van der Waals surface area contributed by atoms with Crippen LogP contribution in [0.2, 0.25) is 0 Å². The average molecular weight is 218 g/mol. The Morgan fingerprint density at radius 2 is 1.64 bits per heavy atom. The molecule has 1 N–H and O–H groups in total. The quantitative estimate of drug-likeness (QED) is 0.562. The lowest BCUT2D eigenvalue weighted by molar-refractivity contribution is 0.185. The summed E-state index contributed by atoms with van der Waals surface area (Å²) in [5.74, 6) is 2.04. The molecular formula is C12H26OS. The maximum Gasteiger partial charge on any atom is 0.0630 e. The Labute approximate surface area is 93.7 Å². The molecule has 0 aliphatic rings. The summed E-state index contributed by atoms with van der Waals surface area (Å²) < 4.78 is 0. The molecule has 0 amide bonds. The first-order valence-corrected chi connectivity index (χ1v) is 7.22. The van der Waals surface area contributed by atoms with Gasteiger partial charge in [0.25, 0.3) is 0 Å². The zero-order valence-corrected chi connectivity index (χ0v) is 10.6. The topological polar surface area (TPSA) is 20.2 Å². The average Bonchev–Trinajstić information content (AvgIpc) is 2.20. The highest BCUT2D eigenvalue weighted by molar-refractivity contribution is 7.99. The van der Waals surface area contributed by atoms with Gasteiger partial charge in [0.15, 0.2) is 0 Å². The van der Waals surface area contributed by atoms with Crippen LogP contribution in [0.3, 0.4) is 0 Å². The number of unbranched alkanes of at least 4 members (excludes halogenated alkanes) is 5. The van der Waals surface area contributed by atoms with E-state index in [1.165, 1.54) is 38.5 Å². The first-order chi connectivity index (χ1) is 6.81. The van der Waals surface area contributed by atoms with Gasteiger partial charge in [0.1, 0.15) is 0 Å². The number of thioether (sulfide) groups is 1. The predicted molar refractivity (Wildman–Crippen MR) is 67.0 cm³/mol. The Kier molecular flexibility index (Phi) is 11.6. The summed E-state index contributed by atoms with van der Waals surface area (Å²) in [6.07, 6.45) is 8.84. The fraction of sp³-hybridized carbons (Fsp3) is 1.00. The fourth-order valence-corrected chi connectivity index (χ4v) is 2.17. The molecule has 1 atom stereocenters. The number of hydrogen-bond donors (Lipinski definition) is 1. The number of hydrogen-bond acceptors (Lipinski definition) is 2. The minimum atomic E-state index is -0.0638. The van der Waals surface area contributed by atoms with Gasteiger partial charge in [-0.1, -0.05) is 52.4 Å². The molecule has 0 spiro atoms. The van der Waals surface area contributed by atoms with Crippen molar-refractivity contribution in [2.45, 2.75) is 64.9 Å². The van der Waals surface area contributed by atoms with E-state index < -0.39 is 0 Å². The van der Waals surface area contributed by atoms with Gasteiger partial charge in [-0.15, -0.1) is 0 Å². The standard InChI is InChI=1S/C12H26OS/c1-3-5-6-7-8-9-10-12(13)11-14-4-2/h12-13H,3-11H2,1-2H3. The van der Waals surface area contributed by atoms with Crippen LogP contribution in [-0.4, -0.2) is 22.7 Å². The molecule has 2 heteroatoms. The van der Waals surface area contributed by atoms with Crippen molar-refractivity contribution in [3.63, 3.8) is 0 Å². The van der Waals surface area contributed by atoms with E-state index in [2.05, 4.69) is 13.8 Å². The van der Waals surface area contributed by atoms with Crippen molar-refractivity contribution >= 4 is 11.8 Å². The second kappa shape index (κ2) is 11.4. The molecular weight excluding hydrogens is 192 g/mol. The van der Waals surface area contributed by atoms with Crippen LogP contribution < -0.4 is 0 Å². The molecule has 0 saturated carbocycles. The highest BCUT2D eigenvalue weighted by atomic mass is 32.2. The van der Waals surface area contributed by atoms with Crippen molar-refractivity contribution in [3.05, 3.63) is 0 Å². The van der Waals surface area contributed by atoms with Crippen LogP contribution in [-0.2, 0) is 0 Å². The highest BCUT2D eigenvalue weighted by Crippen LogP contribution is 2.11. The van der Waals surface area contributed by atoms with E-state index in [-0.39, 0.29) is 6.10 Å². The van der Waals surface area contributed by atoms with Crippen LogP contribution in [0, 0.1) is 0 Å². The van der Waals surface area contributed by atoms with Crippen LogP contribution in [0.4, 0.5) is 0 Å². The lowest BCUT2D eigenvalue weighted by atomic mass is 10.1. The Hall–Kier alpha value is 0.310. The molecule has 1 nitrogen and oxygen atoms in total. The van der Waals surface area contributed by atoms with E-state index in [0.717, 1.165) is 17.9 Å². The van der Waals surface area contributed by atoms with Gasteiger partial charge in [0, 0.05) is 5.75 Å². The molecule has 0 rings (SSSR count). The largest absolute Gasteiger partial charge is 0.392 e. The Morgan fingerprint density at radius 1 is 1.00 bits per heavy atom. The molecule has 1 unspecified atom stereocenters. The van der Waals surface area contributed by atoms with Crippen molar-refractivity contribution in [1.29, 1.82) is 0 Å². The van der Waals surface area contributed by atoms with Gasteiger partial charge in [-0.25, -0.2) is 0 Å². The fourth-order valence-electron chi connectivity index (χ4n) is 1.50. The monoisotopic (exact) mass is 218 g/mol. The summed E-state index contributed by atoms with van der Waals surface area (Å²) in [4.78, 5) is 0. The first-order valence-electron chi connectivity index (χ1n) is 6.07. The number of aliphatic hydroxyl groups is 1. The third kappa shape index (κ3) is 10.4. The molecule has 86 valence electrons. The molecule has 0 aromatic carbocycles. The molecule has 0 aliphatic carbocycles. The van der Waals surface area contributed by atoms with Gasteiger partial charge in [0.05, 0.1) is 6.10 Å². The van der Waals surface area contributed by atoms with Crippen molar-refractivity contribution < 1.29 is 5.11 Å². The van der Waals surface area contributed by atoms with Crippen molar-refractivity contribution in [3.8, 4) is 0 Å². The van der Waals surface area contributed by atoms with Crippen LogP contribution >= 0.6 is 11.8 Å². The molecule has 0 fully saturated rings. The molecule has 0 heterocycles. The molecule has 0 aromatic heterocycles. The third-order valence-corrected chi connectivity index (χ3v) is 3.43. The molecule has 0 bridgehead atoms. The van der Waals surface area contributed by atoms with Gasteiger partial charge in [-0.05, 0) is 12.2 Å². The SMILES string of the molecule is CCCCCCCCC(O)CSCC. The zero-order valence-electron chi connectivity index (χ0n) is 9.80. The highest BCUT2D eigenvalue weighted by Gasteiger charge is 2.02.